The number of hydrogen-bond donors (Lipinski definition) is 3. The van der Waals surface area contributed by atoms with E-state index < -0.39 is 29.4 Å². The Morgan fingerprint density at radius 3 is 2.52 bits per heavy atom. The van der Waals surface area contributed by atoms with Gasteiger partial charge in [-0.15, -0.1) is 0 Å². The minimum Gasteiger partial charge on any atom is -0.511 e. The Labute approximate surface area is 144 Å². The van der Waals surface area contributed by atoms with Crippen LogP contribution in [0.3, 0.4) is 0 Å². The minimum absolute atomic E-state index is 0.131. The number of ether oxygens (including phenoxy) is 1. The molecule has 3 N–H and O–H groups in total. The molecule has 0 radical (unpaired) electrons. The molecule has 2 amide bonds. The van der Waals surface area contributed by atoms with Gasteiger partial charge in [0.05, 0.1) is 7.11 Å². The molecule has 8 heteroatoms. The van der Waals surface area contributed by atoms with Gasteiger partial charge in [0.25, 0.3) is 11.8 Å². The lowest BCUT2D eigenvalue weighted by molar-refractivity contribution is -0.141. The van der Waals surface area contributed by atoms with Crippen LogP contribution in [0.4, 0.5) is 0 Å². The van der Waals surface area contributed by atoms with Crippen LogP contribution in [0.5, 0.6) is 5.75 Å². The van der Waals surface area contributed by atoms with Crippen LogP contribution in [0.25, 0.3) is 0 Å². The molecular formula is C17H20N2O6. The molecule has 0 fully saturated rings. The summed E-state index contributed by atoms with van der Waals surface area (Å²) in [4.78, 5) is 37.0. The molecule has 25 heavy (non-hydrogen) atoms. The van der Waals surface area contributed by atoms with E-state index in [9.17, 15) is 19.5 Å². The summed E-state index contributed by atoms with van der Waals surface area (Å²) in [7, 11) is 1.56. The van der Waals surface area contributed by atoms with Gasteiger partial charge in [-0.05, 0) is 24.6 Å². The van der Waals surface area contributed by atoms with Crippen LogP contribution in [-0.2, 0) is 20.9 Å². The lowest BCUT2D eigenvalue weighted by atomic mass is 10.0. The van der Waals surface area contributed by atoms with Gasteiger partial charge in [-0.2, -0.15) is 0 Å². The molecule has 134 valence electrons. The fraction of sp³-hybridized carbons (Fsp3) is 0.353. The number of rotatable bonds is 6. The zero-order valence-electron chi connectivity index (χ0n) is 14.0. The second kappa shape index (κ2) is 7.69. The molecule has 0 saturated carbocycles. The van der Waals surface area contributed by atoms with Crippen LogP contribution in [0, 0.1) is 0 Å². The van der Waals surface area contributed by atoms with Gasteiger partial charge in [-0.1, -0.05) is 12.1 Å². The number of methoxy groups -OCH3 is 1. The Hall–Kier alpha value is -3.03. The molecule has 0 unspecified atom stereocenters. The number of carbonyl (C=O) groups is 3. The topological polar surface area (TPSA) is 116 Å². The molecule has 1 aliphatic rings. The highest BCUT2D eigenvalue weighted by atomic mass is 16.5. The molecule has 1 heterocycles. The van der Waals surface area contributed by atoms with Crippen molar-refractivity contribution < 1.29 is 29.3 Å². The molecule has 0 spiro atoms. The maximum Gasteiger partial charge on any atom is 0.325 e. The zero-order chi connectivity index (χ0) is 18.6. The second-order valence-corrected chi connectivity index (χ2v) is 5.68. The van der Waals surface area contributed by atoms with Crippen LogP contribution in [0.1, 0.15) is 18.9 Å². The van der Waals surface area contributed by atoms with Crippen LogP contribution in [0.2, 0.25) is 0 Å². The summed E-state index contributed by atoms with van der Waals surface area (Å²) in [6.45, 7) is 1.81. The first-order valence-corrected chi connectivity index (χ1v) is 7.71. The van der Waals surface area contributed by atoms with Gasteiger partial charge in [0.2, 0.25) is 0 Å². The number of hydrogen-bond acceptors (Lipinski definition) is 5. The number of benzene rings is 1. The third-order valence-electron chi connectivity index (χ3n) is 3.89. The van der Waals surface area contributed by atoms with Crippen molar-refractivity contribution in [1.82, 2.24) is 10.2 Å². The Morgan fingerprint density at radius 1 is 1.32 bits per heavy atom. The molecule has 0 aliphatic carbocycles. The highest BCUT2D eigenvalue weighted by Gasteiger charge is 2.33. The van der Waals surface area contributed by atoms with Gasteiger partial charge in [-0.25, -0.2) is 0 Å². The van der Waals surface area contributed by atoms with Crippen molar-refractivity contribution >= 4 is 17.8 Å². The van der Waals surface area contributed by atoms with Crippen molar-refractivity contribution in [2.45, 2.75) is 25.9 Å². The standard InChI is InChI=1S/C17H20N2O6/c1-10(17(23)24)18-15(21)14-13(20)7-8-19(16(14)22)9-11-3-5-12(25-2)6-4-11/h3-6,10,20H,7-9H2,1-2H3,(H,18,21)(H,23,24)/t10-/m0/s1. The number of carboxylic acid groups (broad SMARTS) is 1. The number of carbonyl (C=O) groups excluding carboxylic acids is 2. The summed E-state index contributed by atoms with van der Waals surface area (Å²) in [5.41, 5.74) is 0.432. The van der Waals surface area contributed by atoms with E-state index in [-0.39, 0.29) is 25.3 Å². The maximum atomic E-state index is 12.5. The van der Waals surface area contributed by atoms with Crippen LogP contribution in [-0.4, -0.2) is 52.6 Å². The van der Waals surface area contributed by atoms with Gasteiger partial charge in [-0.3, -0.25) is 14.4 Å². The van der Waals surface area contributed by atoms with Crippen molar-refractivity contribution in [3.63, 3.8) is 0 Å². The first-order chi connectivity index (χ1) is 11.8. The van der Waals surface area contributed by atoms with E-state index in [1.54, 1.807) is 31.4 Å². The van der Waals surface area contributed by atoms with Gasteiger partial charge >= 0.3 is 5.97 Å². The van der Waals surface area contributed by atoms with Gasteiger partial charge in [0, 0.05) is 19.5 Å². The van der Waals surface area contributed by atoms with E-state index in [0.717, 1.165) is 5.56 Å². The highest BCUT2D eigenvalue weighted by Crippen LogP contribution is 2.21. The summed E-state index contributed by atoms with van der Waals surface area (Å²) in [5.74, 6) is -2.39. The monoisotopic (exact) mass is 348 g/mol. The van der Waals surface area contributed by atoms with E-state index >= 15 is 0 Å². The molecular weight excluding hydrogens is 328 g/mol. The Morgan fingerprint density at radius 2 is 1.96 bits per heavy atom. The molecule has 1 atom stereocenters. The number of nitrogens with one attached hydrogen (secondary N) is 1. The number of aliphatic hydroxyl groups excluding tert-OH is 1. The first kappa shape index (κ1) is 18.3. The average Bonchev–Trinajstić information content (AvgIpc) is 2.58. The number of carboxylic acids is 1. The predicted molar refractivity (Wildman–Crippen MR) is 87.9 cm³/mol. The smallest absolute Gasteiger partial charge is 0.325 e. The zero-order valence-corrected chi connectivity index (χ0v) is 14.0. The van der Waals surface area contributed by atoms with Gasteiger partial charge in [0.15, 0.2) is 0 Å². The predicted octanol–water partition coefficient (Wildman–Crippen LogP) is 0.829. The van der Waals surface area contributed by atoms with E-state index in [2.05, 4.69) is 5.32 Å². The normalized spacial score (nSPS) is 15.8. The minimum atomic E-state index is -1.23. The quantitative estimate of drug-likeness (QED) is 0.656. The fourth-order valence-electron chi connectivity index (χ4n) is 2.41. The van der Waals surface area contributed by atoms with Crippen LogP contribution >= 0.6 is 0 Å². The summed E-state index contributed by atoms with van der Waals surface area (Å²) >= 11 is 0. The van der Waals surface area contributed by atoms with E-state index in [1.165, 1.54) is 11.8 Å². The second-order valence-electron chi connectivity index (χ2n) is 5.68. The summed E-state index contributed by atoms with van der Waals surface area (Å²) in [6, 6.07) is 5.96. The lowest BCUT2D eigenvalue weighted by Crippen LogP contribution is -2.46. The summed E-state index contributed by atoms with van der Waals surface area (Å²) in [5, 5.41) is 21.0. The van der Waals surface area contributed by atoms with Gasteiger partial charge in [0.1, 0.15) is 23.1 Å². The molecule has 1 aromatic carbocycles. The maximum absolute atomic E-state index is 12.5. The average molecular weight is 348 g/mol. The largest absolute Gasteiger partial charge is 0.511 e. The Bertz CT molecular complexity index is 710. The molecule has 8 nitrogen and oxygen atoms in total. The summed E-state index contributed by atoms with van der Waals surface area (Å²) < 4.78 is 5.08. The molecule has 0 saturated heterocycles. The van der Waals surface area contributed by atoms with Crippen molar-refractivity contribution in [2.24, 2.45) is 0 Å². The Kier molecular flexibility index (Phi) is 5.63. The van der Waals surface area contributed by atoms with E-state index in [4.69, 9.17) is 9.84 Å². The van der Waals surface area contributed by atoms with Crippen molar-refractivity contribution in [3.8, 4) is 5.75 Å². The molecule has 2 rings (SSSR count). The fourth-order valence-corrected chi connectivity index (χ4v) is 2.41. The van der Waals surface area contributed by atoms with Crippen LogP contribution < -0.4 is 10.1 Å². The highest BCUT2D eigenvalue weighted by molar-refractivity contribution is 6.19. The SMILES string of the molecule is COc1ccc(CN2CCC(O)=C(C(=O)N[C@@H](C)C(=O)O)C2=O)cc1. The molecule has 1 aliphatic heterocycles. The molecule has 0 bridgehead atoms. The van der Waals surface area contributed by atoms with E-state index in [0.29, 0.717) is 5.75 Å². The molecule has 0 aromatic heterocycles. The third-order valence-corrected chi connectivity index (χ3v) is 3.89. The number of aliphatic carboxylic acids is 1. The van der Waals surface area contributed by atoms with Crippen molar-refractivity contribution in [1.29, 1.82) is 0 Å². The lowest BCUT2D eigenvalue weighted by Gasteiger charge is -2.28. The van der Waals surface area contributed by atoms with Gasteiger partial charge < -0.3 is 25.2 Å². The Balaban J connectivity index is 2.12. The van der Waals surface area contributed by atoms with Crippen LogP contribution in [0.15, 0.2) is 35.6 Å². The number of aliphatic hydroxyl groups is 1. The van der Waals surface area contributed by atoms with E-state index in [1.807, 2.05) is 0 Å². The first-order valence-electron chi connectivity index (χ1n) is 7.71. The molecule has 1 aromatic rings. The summed E-state index contributed by atoms with van der Waals surface area (Å²) in [6.07, 6.45) is 0.131. The van der Waals surface area contributed by atoms with Crippen molar-refractivity contribution in [2.75, 3.05) is 13.7 Å². The number of amides is 2. The van der Waals surface area contributed by atoms with Crippen molar-refractivity contribution in [3.05, 3.63) is 41.2 Å². The third kappa shape index (κ3) is 4.28. The number of nitrogens with zero attached hydrogens (tertiary/aromatic N) is 1.